The van der Waals surface area contributed by atoms with E-state index in [0.717, 1.165) is 30.8 Å². The van der Waals surface area contributed by atoms with Gasteiger partial charge in [-0.25, -0.2) is 5.43 Å². The first-order valence-corrected chi connectivity index (χ1v) is 5.19. The Labute approximate surface area is 94.5 Å². The molecule has 0 spiro atoms. The summed E-state index contributed by atoms with van der Waals surface area (Å²) < 4.78 is 0. The summed E-state index contributed by atoms with van der Waals surface area (Å²) in [6.45, 7) is 2.53. The van der Waals surface area contributed by atoms with E-state index in [-0.39, 0.29) is 5.84 Å². The van der Waals surface area contributed by atoms with E-state index in [1.54, 1.807) is 0 Å². The van der Waals surface area contributed by atoms with Crippen molar-refractivity contribution in [3.05, 3.63) is 35.4 Å². The van der Waals surface area contributed by atoms with Crippen LogP contribution < -0.4 is 11.2 Å². The molecule has 0 saturated carbocycles. The fraction of sp³-hybridized carbons (Fsp3) is 0.273. The first kappa shape index (κ1) is 10.6. The van der Waals surface area contributed by atoms with Crippen LogP contribution in [0.5, 0.6) is 0 Å². The van der Waals surface area contributed by atoms with Gasteiger partial charge in [-0.2, -0.15) is 0 Å². The van der Waals surface area contributed by atoms with Crippen molar-refractivity contribution in [1.82, 2.24) is 10.4 Å². The van der Waals surface area contributed by atoms with Crippen molar-refractivity contribution in [1.29, 1.82) is 5.41 Å². The van der Waals surface area contributed by atoms with Crippen LogP contribution in [0, 0.1) is 5.41 Å². The molecule has 84 valence electrons. The molecule has 0 fully saturated rings. The number of nitrogens with two attached hydrogens (primary N) is 1. The number of benzene rings is 1. The van der Waals surface area contributed by atoms with Gasteiger partial charge in [0.25, 0.3) is 0 Å². The molecule has 1 aromatic carbocycles. The zero-order valence-corrected chi connectivity index (χ0v) is 8.98. The fourth-order valence-corrected chi connectivity index (χ4v) is 1.49. The van der Waals surface area contributed by atoms with Gasteiger partial charge in [-0.15, -0.1) is 0 Å². The molecule has 1 aromatic rings. The largest absolute Gasteiger partial charge is 0.384 e. The first-order valence-electron chi connectivity index (χ1n) is 5.19. The Balaban J connectivity index is 1.89. The number of aliphatic imine (C=N–C) groups is 1. The Morgan fingerprint density at radius 3 is 2.75 bits per heavy atom. The summed E-state index contributed by atoms with van der Waals surface area (Å²) in [5, 5.41) is 9.25. The van der Waals surface area contributed by atoms with E-state index < -0.39 is 0 Å². The van der Waals surface area contributed by atoms with Gasteiger partial charge in [-0.3, -0.25) is 15.4 Å². The summed E-state index contributed by atoms with van der Waals surface area (Å²) in [4.78, 5) is 4.11. The quantitative estimate of drug-likeness (QED) is 0.502. The summed E-state index contributed by atoms with van der Waals surface area (Å²) in [6.07, 6.45) is 1.81. The number of hydrazine groups is 1. The summed E-state index contributed by atoms with van der Waals surface area (Å²) in [7, 11) is 0. The molecule has 16 heavy (non-hydrogen) atoms. The number of hydrogen-bond acceptors (Lipinski definition) is 4. The number of nitrogen functional groups attached to an aromatic ring is 1. The molecule has 1 aliphatic heterocycles. The second-order valence-electron chi connectivity index (χ2n) is 3.66. The Morgan fingerprint density at radius 1 is 1.44 bits per heavy atom. The van der Waals surface area contributed by atoms with Gasteiger partial charge in [0, 0.05) is 12.1 Å². The summed E-state index contributed by atoms with van der Waals surface area (Å²) >= 11 is 0. The van der Waals surface area contributed by atoms with Crippen molar-refractivity contribution < 1.29 is 0 Å². The normalized spacial score (nSPS) is 14.4. The smallest absolute Gasteiger partial charge is 0.122 e. The van der Waals surface area contributed by atoms with Gasteiger partial charge in [0.2, 0.25) is 0 Å². The third kappa shape index (κ3) is 2.58. The number of rotatable bonds is 4. The third-order valence-corrected chi connectivity index (χ3v) is 2.44. The predicted molar refractivity (Wildman–Crippen MR) is 64.4 cm³/mol. The van der Waals surface area contributed by atoms with Crippen molar-refractivity contribution in [2.45, 2.75) is 6.54 Å². The lowest BCUT2D eigenvalue weighted by Gasteiger charge is -2.15. The molecule has 0 amide bonds. The number of hydrogen-bond donors (Lipinski definition) is 3. The maximum atomic E-state index is 7.28. The maximum Gasteiger partial charge on any atom is 0.122 e. The van der Waals surface area contributed by atoms with Gasteiger partial charge in [-0.1, -0.05) is 24.3 Å². The lowest BCUT2D eigenvalue weighted by Crippen LogP contribution is -2.34. The minimum atomic E-state index is 0.103. The molecule has 0 bridgehead atoms. The van der Waals surface area contributed by atoms with Crippen LogP contribution in [0.2, 0.25) is 0 Å². The van der Waals surface area contributed by atoms with Gasteiger partial charge >= 0.3 is 0 Å². The van der Waals surface area contributed by atoms with Gasteiger partial charge in [0.1, 0.15) is 5.84 Å². The molecular formula is C11H15N5. The number of amidine groups is 1. The van der Waals surface area contributed by atoms with Gasteiger partial charge in [0.15, 0.2) is 0 Å². The molecule has 5 heteroatoms. The minimum Gasteiger partial charge on any atom is -0.384 e. The third-order valence-electron chi connectivity index (χ3n) is 2.44. The van der Waals surface area contributed by atoms with Crippen molar-refractivity contribution in [3.8, 4) is 0 Å². The van der Waals surface area contributed by atoms with Crippen LogP contribution in [0.4, 0.5) is 0 Å². The van der Waals surface area contributed by atoms with Crippen molar-refractivity contribution in [2.75, 3.05) is 13.1 Å². The number of nitrogens with one attached hydrogen (secondary N) is 2. The Bertz CT molecular complexity index is 395. The minimum absolute atomic E-state index is 0.103. The van der Waals surface area contributed by atoms with E-state index in [2.05, 4.69) is 10.4 Å². The lowest BCUT2D eigenvalue weighted by molar-refractivity contribution is 0.338. The van der Waals surface area contributed by atoms with Gasteiger partial charge < -0.3 is 5.73 Å². The van der Waals surface area contributed by atoms with Crippen molar-refractivity contribution in [2.24, 2.45) is 10.7 Å². The highest BCUT2D eigenvalue weighted by Gasteiger charge is 2.04. The molecule has 0 unspecified atom stereocenters. The molecule has 0 saturated heterocycles. The van der Waals surface area contributed by atoms with Gasteiger partial charge in [0.05, 0.1) is 19.4 Å². The summed E-state index contributed by atoms with van der Waals surface area (Å²) in [6, 6.07) is 7.66. The Morgan fingerprint density at radius 2 is 2.19 bits per heavy atom. The van der Waals surface area contributed by atoms with E-state index in [1.807, 2.05) is 35.6 Å². The second kappa shape index (κ2) is 4.76. The first-order chi connectivity index (χ1) is 7.75. The van der Waals surface area contributed by atoms with E-state index in [4.69, 9.17) is 11.1 Å². The van der Waals surface area contributed by atoms with Crippen LogP contribution in [-0.4, -0.2) is 30.3 Å². The Kier molecular flexibility index (Phi) is 3.16. The van der Waals surface area contributed by atoms with E-state index in [9.17, 15) is 0 Å². The average Bonchev–Trinajstić information content (AvgIpc) is 2.80. The molecule has 0 atom stereocenters. The monoisotopic (exact) mass is 217 g/mol. The van der Waals surface area contributed by atoms with Crippen LogP contribution in [0.25, 0.3) is 0 Å². The SMILES string of the molecule is N=C(N)c1ccc(CNN2C=NCC2)cc1. The van der Waals surface area contributed by atoms with Gasteiger partial charge in [-0.05, 0) is 5.56 Å². The average molecular weight is 217 g/mol. The molecule has 0 radical (unpaired) electrons. The molecule has 0 aliphatic carbocycles. The van der Waals surface area contributed by atoms with Crippen LogP contribution in [-0.2, 0) is 6.54 Å². The molecule has 1 heterocycles. The van der Waals surface area contributed by atoms with Crippen molar-refractivity contribution >= 4 is 12.2 Å². The fourth-order valence-electron chi connectivity index (χ4n) is 1.49. The van der Waals surface area contributed by atoms with E-state index >= 15 is 0 Å². The molecule has 2 rings (SSSR count). The van der Waals surface area contributed by atoms with Crippen LogP contribution >= 0.6 is 0 Å². The lowest BCUT2D eigenvalue weighted by atomic mass is 10.1. The van der Waals surface area contributed by atoms with E-state index in [0.29, 0.717) is 0 Å². The van der Waals surface area contributed by atoms with Crippen molar-refractivity contribution in [3.63, 3.8) is 0 Å². The van der Waals surface area contributed by atoms with Crippen LogP contribution in [0.1, 0.15) is 11.1 Å². The zero-order valence-electron chi connectivity index (χ0n) is 8.98. The zero-order chi connectivity index (χ0) is 11.4. The molecule has 1 aliphatic rings. The number of nitrogens with zero attached hydrogens (tertiary/aromatic N) is 2. The Hall–Kier alpha value is -1.88. The maximum absolute atomic E-state index is 7.28. The molecular weight excluding hydrogens is 202 g/mol. The molecule has 0 aromatic heterocycles. The predicted octanol–water partition coefficient (Wildman–Crippen LogP) is 0.319. The second-order valence-corrected chi connectivity index (χ2v) is 3.66. The molecule has 4 N–H and O–H groups in total. The van der Waals surface area contributed by atoms with E-state index in [1.165, 1.54) is 0 Å². The van der Waals surface area contributed by atoms with Crippen LogP contribution in [0.3, 0.4) is 0 Å². The highest BCUT2D eigenvalue weighted by Crippen LogP contribution is 2.04. The summed E-state index contributed by atoms with van der Waals surface area (Å²) in [5.41, 5.74) is 10.5. The highest BCUT2D eigenvalue weighted by molar-refractivity contribution is 5.94. The summed E-state index contributed by atoms with van der Waals surface area (Å²) in [5.74, 6) is 0.103. The highest BCUT2D eigenvalue weighted by atomic mass is 15.5. The standard InChI is InChI=1S/C11H15N5/c12-11(13)10-3-1-9(2-4-10)7-15-16-6-5-14-8-16/h1-4,8,15H,5-7H2,(H3,12,13). The topological polar surface area (TPSA) is 77.5 Å². The van der Waals surface area contributed by atoms with Crippen LogP contribution in [0.15, 0.2) is 29.3 Å². The molecule has 5 nitrogen and oxygen atoms in total.